The topological polar surface area (TPSA) is 17.1 Å². The van der Waals surface area contributed by atoms with Gasteiger partial charge in [-0.15, -0.1) is 0 Å². The van der Waals surface area contributed by atoms with E-state index < -0.39 is 7.14 Å². The van der Waals surface area contributed by atoms with E-state index >= 15 is 0 Å². The molecule has 0 bridgehead atoms. The molecule has 0 saturated heterocycles. The van der Waals surface area contributed by atoms with Crippen molar-refractivity contribution >= 4 is 7.14 Å². The highest BCUT2D eigenvalue weighted by atomic mass is 31.2. The number of hydrogen-bond acceptors (Lipinski definition) is 1. The van der Waals surface area contributed by atoms with Gasteiger partial charge in [0.15, 0.2) is 0 Å². The lowest BCUT2D eigenvalue weighted by atomic mass is 10.0. The highest BCUT2D eigenvalue weighted by Crippen LogP contribution is 2.54. The summed E-state index contributed by atoms with van der Waals surface area (Å²) in [7, 11) is -1.99. The van der Waals surface area contributed by atoms with Gasteiger partial charge in [-0.3, -0.25) is 0 Å². The molecule has 1 aliphatic rings. The molecule has 2 rings (SSSR count). The summed E-state index contributed by atoms with van der Waals surface area (Å²) >= 11 is 0. The van der Waals surface area contributed by atoms with Gasteiger partial charge in [-0.25, -0.2) is 0 Å². The molecule has 1 aromatic rings. The maximum Gasteiger partial charge on any atom is 0.0919 e. The average molecular weight is 236 g/mol. The molecule has 0 aromatic heterocycles. The first kappa shape index (κ1) is 11.9. The zero-order valence-corrected chi connectivity index (χ0v) is 11.0. The standard InChI is InChI=1S/C14H21OP/c1-16(15,14-10-6-3-7-11-14)12-13-8-4-2-5-9-13/h2,4-5,8-9,14H,3,6-7,10-12H2,1H3. The minimum Gasteiger partial charge on any atom is -0.323 e. The SMILES string of the molecule is CP(=O)(Cc1ccccc1)C1CCCCC1. The molecule has 0 spiro atoms. The first-order valence-corrected chi connectivity index (χ1v) is 8.69. The van der Waals surface area contributed by atoms with Gasteiger partial charge in [0.25, 0.3) is 0 Å². The van der Waals surface area contributed by atoms with Crippen LogP contribution < -0.4 is 0 Å². The van der Waals surface area contributed by atoms with Gasteiger partial charge >= 0.3 is 0 Å². The van der Waals surface area contributed by atoms with Gasteiger partial charge in [-0.2, -0.15) is 0 Å². The zero-order valence-electron chi connectivity index (χ0n) is 10.1. The Balaban J connectivity index is 2.04. The van der Waals surface area contributed by atoms with Crippen LogP contribution in [0.2, 0.25) is 0 Å². The van der Waals surface area contributed by atoms with Crippen LogP contribution >= 0.6 is 7.14 Å². The van der Waals surface area contributed by atoms with Crippen LogP contribution in [0.1, 0.15) is 37.7 Å². The molecule has 0 N–H and O–H groups in total. The van der Waals surface area contributed by atoms with Crippen molar-refractivity contribution in [1.29, 1.82) is 0 Å². The van der Waals surface area contributed by atoms with Crippen molar-refractivity contribution in [3.05, 3.63) is 35.9 Å². The second kappa shape index (κ2) is 5.19. The lowest BCUT2D eigenvalue weighted by Gasteiger charge is -2.28. The second-order valence-corrected chi connectivity index (χ2v) is 8.50. The molecular weight excluding hydrogens is 215 g/mol. The van der Waals surface area contributed by atoms with E-state index in [0.717, 1.165) is 6.16 Å². The predicted molar refractivity (Wildman–Crippen MR) is 70.5 cm³/mol. The van der Waals surface area contributed by atoms with E-state index in [2.05, 4.69) is 12.1 Å². The lowest BCUT2D eigenvalue weighted by Crippen LogP contribution is -2.13. The summed E-state index contributed by atoms with van der Waals surface area (Å²) in [6.45, 7) is 2.01. The lowest BCUT2D eigenvalue weighted by molar-refractivity contribution is 0.484. The molecule has 1 saturated carbocycles. The van der Waals surface area contributed by atoms with E-state index in [9.17, 15) is 4.57 Å². The van der Waals surface area contributed by atoms with Crippen LogP contribution in [0.25, 0.3) is 0 Å². The smallest absolute Gasteiger partial charge is 0.0919 e. The third-order valence-corrected chi connectivity index (χ3v) is 6.74. The van der Waals surface area contributed by atoms with Gasteiger partial charge in [-0.1, -0.05) is 49.6 Å². The Morgan fingerprint density at radius 3 is 2.38 bits per heavy atom. The number of hydrogen-bond donors (Lipinski definition) is 0. The van der Waals surface area contributed by atoms with Crippen molar-refractivity contribution in [3.8, 4) is 0 Å². The van der Waals surface area contributed by atoms with Crippen molar-refractivity contribution in [1.82, 2.24) is 0 Å². The maximum absolute atomic E-state index is 12.7. The van der Waals surface area contributed by atoms with Crippen molar-refractivity contribution < 1.29 is 4.57 Å². The highest BCUT2D eigenvalue weighted by molar-refractivity contribution is 7.63. The van der Waals surface area contributed by atoms with Crippen molar-refractivity contribution in [2.24, 2.45) is 0 Å². The number of benzene rings is 1. The van der Waals surface area contributed by atoms with Crippen molar-refractivity contribution in [2.75, 3.05) is 6.66 Å². The highest BCUT2D eigenvalue weighted by Gasteiger charge is 2.29. The molecule has 0 heterocycles. The molecule has 1 nitrogen and oxygen atoms in total. The Morgan fingerprint density at radius 1 is 1.12 bits per heavy atom. The van der Waals surface area contributed by atoms with Crippen LogP contribution in [-0.4, -0.2) is 12.3 Å². The van der Waals surface area contributed by atoms with Crippen molar-refractivity contribution in [2.45, 2.75) is 43.9 Å². The molecule has 1 atom stereocenters. The largest absolute Gasteiger partial charge is 0.323 e. The van der Waals surface area contributed by atoms with E-state index in [1.54, 1.807) is 0 Å². The minimum absolute atomic E-state index is 0.487. The van der Waals surface area contributed by atoms with Crippen LogP contribution in [-0.2, 0) is 10.7 Å². The summed E-state index contributed by atoms with van der Waals surface area (Å²) in [5.74, 6) is 0. The minimum atomic E-state index is -1.99. The van der Waals surface area contributed by atoms with Crippen LogP contribution in [0.4, 0.5) is 0 Å². The molecule has 1 aromatic carbocycles. The first-order valence-electron chi connectivity index (χ1n) is 6.28. The third kappa shape index (κ3) is 2.98. The molecule has 1 aliphatic carbocycles. The third-order valence-electron chi connectivity index (χ3n) is 3.69. The summed E-state index contributed by atoms with van der Waals surface area (Å²) < 4.78 is 12.7. The van der Waals surface area contributed by atoms with E-state index in [4.69, 9.17) is 0 Å². The Morgan fingerprint density at radius 2 is 1.75 bits per heavy atom. The molecule has 88 valence electrons. The summed E-state index contributed by atoms with van der Waals surface area (Å²) in [4.78, 5) is 0. The monoisotopic (exact) mass is 236 g/mol. The fraction of sp³-hybridized carbons (Fsp3) is 0.571. The van der Waals surface area contributed by atoms with Gasteiger partial charge in [0.2, 0.25) is 0 Å². The Kier molecular flexibility index (Phi) is 3.86. The Hall–Kier alpha value is -0.550. The predicted octanol–water partition coefficient (Wildman–Crippen LogP) is 4.51. The van der Waals surface area contributed by atoms with Gasteiger partial charge in [0, 0.05) is 11.8 Å². The zero-order chi connectivity index (χ0) is 11.4. The average Bonchev–Trinajstić information content (AvgIpc) is 2.31. The molecule has 0 aliphatic heterocycles. The summed E-state index contributed by atoms with van der Waals surface area (Å²) in [5.41, 5.74) is 1.72. The Bertz CT molecular complexity index is 366. The van der Waals surface area contributed by atoms with Crippen LogP contribution in [0, 0.1) is 0 Å². The van der Waals surface area contributed by atoms with Gasteiger partial charge in [0.1, 0.15) is 0 Å². The number of rotatable bonds is 3. The van der Waals surface area contributed by atoms with E-state index in [0.29, 0.717) is 5.66 Å². The maximum atomic E-state index is 12.7. The van der Waals surface area contributed by atoms with Gasteiger partial charge in [-0.05, 0) is 25.1 Å². The van der Waals surface area contributed by atoms with Gasteiger partial charge < -0.3 is 4.57 Å². The van der Waals surface area contributed by atoms with E-state index in [-0.39, 0.29) is 0 Å². The summed E-state index contributed by atoms with van der Waals surface area (Å²) in [5, 5.41) is 0. The summed E-state index contributed by atoms with van der Waals surface area (Å²) in [6.07, 6.45) is 7.04. The van der Waals surface area contributed by atoms with Crippen LogP contribution in [0.3, 0.4) is 0 Å². The quantitative estimate of drug-likeness (QED) is 0.705. The molecule has 16 heavy (non-hydrogen) atoms. The Labute approximate surface area is 98.6 Å². The fourth-order valence-corrected chi connectivity index (χ4v) is 5.35. The van der Waals surface area contributed by atoms with E-state index in [1.807, 2.05) is 24.9 Å². The van der Waals surface area contributed by atoms with Crippen molar-refractivity contribution in [3.63, 3.8) is 0 Å². The second-order valence-electron chi connectivity index (χ2n) is 5.11. The molecule has 1 fully saturated rings. The van der Waals surface area contributed by atoms with Crippen LogP contribution in [0.15, 0.2) is 30.3 Å². The molecular formula is C14H21OP. The first-order chi connectivity index (χ1) is 7.68. The molecule has 1 unspecified atom stereocenters. The normalized spacial score (nSPS) is 21.6. The molecule has 0 amide bonds. The van der Waals surface area contributed by atoms with Crippen LogP contribution in [0.5, 0.6) is 0 Å². The van der Waals surface area contributed by atoms with Gasteiger partial charge in [0.05, 0.1) is 7.14 Å². The fourth-order valence-electron chi connectivity index (χ4n) is 2.70. The molecule has 2 heteroatoms. The van der Waals surface area contributed by atoms with E-state index in [1.165, 1.54) is 37.7 Å². The molecule has 0 radical (unpaired) electrons. The summed E-state index contributed by atoms with van der Waals surface area (Å²) in [6, 6.07) is 10.3.